The number of Topliss-reactive ketones (excluding diaryl/α,β-unsaturated/α-hetero) is 1. The third-order valence-corrected chi connectivity index (χ3v) is 5.01. The van der Waals surface area contributed by atoms with E-state index in [0.717, 1.165) is 0 Å². The van der Waals surface area contributed by atoms with Crippen molar-refractivity contribution in [3.8, 4) is 0 Å². The van der Waals surface area contributed by atoms with Gasteiger partial charge in [-0.1, -0.05) is 12.2 Å². The fourth-order valence-electron chi connectivity index (χ4n) is 3.11. The van der Waals surface area contributed by atoms with Gasteiger partial charge in [-0.2, -0.15) is 0 Å². The van der Waals surface area contributed by atoms with E-state index in [1.165, 1.54) is 21.1 Å². The minimum Gasteiger partial charge on any atom is -0.467 e. The number of rotatable bonds is 6. The number of hydrogen-bond donors (Lipinski definition) is 2. The molecule has 168 valence electrons. The molecule has 0 aromatic carbocycles. The molecule has 2 amide bonds. The molecule has 0 aromatic heterocycles. The van der Waals surface area contributed by atoms with E-state index in [9.17, 15) is 19.2 Å². The average molecular weight is 424 g/mol. The van der Waals surface area contributed by atoms with Crippen LogP contribution in [0.25, 0.3) is 0 Å². The van der Waals surface area contributed by atoms with E-state index in [1.54, 1.807) is 32.9 Å². The lowest BCUT2D eigenvalue weighted by atomic mass is 10.1. The van der Waals surface area contributed by atoms with Crippen LogP contribution < -0.4 is 10.6 Å². The van der Waals surface area contributed by atoms with Crippen LogP contribution in [0.1, 0.15) is 40.5 Å². The second-order valence-electron chi connectivity index (χ2n) is 8.33. The molecule has 2 N–H and O–H groups in total. The largest absolute Gasteiger partial charge is 0.467 e. The molecule has 0 heterocycles. The molecule has 2 aliphatic rings. The van der Waals surface area contributed by atoms with E-state index in [4.69, 9.17) is 4.74 Å². The van der Waals surface area contributed by atoms with Gasteiger partial charge >= 0.3 is 18.2 Å². The molecular formula is C21H32N2O7. The number of methoxy groups -OCH3 is 2. The summed E-state index contributed by atoms with van der Waals surface area (Å²) in [6.07, 6.45) is 3.25. The van der Waals surface area contributed by atoms with Gasteiger partial charge in [0.05, 0.1) is 14.2 Å². The Labute approximate surface area is 177 Å². The van der Waals surface area contributed by atoms with Crippen molar-refractivity contribution >= 4 is 23.9 Å². The molecule has 30 heavy (non-hydrogen) atoms. The van der Waals surface area contributed by atoms with Crippen molar-refractivity contribution in [2.45, 2.75) is 57.2 Å². The van der Waals surface area contributed by atoms with Gasteiger partial charge in [-0.15, -0.1) is 13.2 Å². The van der Waals surface area contributed by atoms with Crippen molar-refractivity contribution in [1.29, 1.82) is 0 Å². The van der Waals surface area contributed by atoms with Crippen LogP contribution in [0.15, 0.2) is 25.3 Å². The lowest BCUT2D eigenvalue weighted by molar-refractivity contribution is -0.144. The summed E-state index contributed by atoms with van der Waals surface area (Å²) in [6.45, 7) is 14.0. The maximum atomic E-state index is 11.6. The predicted molar refractivity (Wildman–Crippen MR) is 110 cm³/mol. The van der Waals surface area contributed by atoms with Crippen molar-refractivity contribution in [1.82, 2.24) is 10.6 Å². The number of carbonyl (C=O) groups excluding carboxylic acids is 4. The molecule has 0 unspecified atom stereocenters. The lowest BCUT2D eigenvalue weighted by Crippen LogP contribution is -2.46. The normalized spacial score (nSPS) is 28.5. The highest BCUT2D eigenvalue weighted by atomic mass is 16.6. The number of carbonyl (C=O) groups is 4. The Kier molecular flexibility index (Phi) is 7.82. The number of hydrogen-bond acceptors (Lipinski definition) is 7. The first-order valence-electron chi connectivity index (χ1n) is 9.53. The van der Waals surface area contributed by atoms with Gasteiger partial charge in [-0.05, 0) is 40.5 Å². The van der Waals surface area contributed by atoms with Gasteiger partial charge in [-0.3, -0.25) is 4.79 Å². The quantitative estimate of drug-likeness (QED) is 0.382. The second-order valence-corrected chi connectivity index (χ2v) is 8.33. The van der Waals surface area contributed by atoms with Crippen molar-refractivity contribution < 1.29 is 33.4 Å². The van der Waals surface area contributed by atoms with E-state index in [1.807, 2.05) is 0 Å². The lowest BCUT2D eigenvalue weighted by Gasteiger charge is -2.22. The summed E-state index contributed by atoms with van der Waals surface area (Å²) in [5.41, 5.74) is -2.28. The van der Waals surface area contributed by atoms with Crippen LogP contribution in [-0.4, -0.2) is 54.8 Å². The monoisotopic (exact) mass is 424 g/mol. The molecule has 0 spiro atoms. The van der Waals surface area contributed by atoms with Crippen LogP contribution in [0, 0.1) is 11.8 Å². The van der Waals surface area contributed by atoms with Gasteiger partial charge in [0.1, 0.15) is 16.7 Å². The third-order valence-electron chi connectivity index (χ3n) is 5.01. The second kappa shape index (κ2) is 9.32. The Morgan fingerprint density at radius 1 is 0.900 bits per heavy atom. The zero-order valence-electron chi connectivity index (χ0n) is 18.5. The first-order valence-corrected chi connectivity index (χ1v) is 9.53. The molecule has 0 bridgehead atoms. The van der Waals surface area contributed by atoms with Crippen molar-refractivity contribution in [3.63, 3.8) is 0 Å². The summed E-state index contributed by atoms with van der Waals surface area (Å²) >= 11 is 0. The van der Waals surface area contributed by atoms with Crippen molar-refractivity contribution in [2.75, 3.05) is 14.2 Å². The number of ether oxygens (including phenoxy) is 3. The van der Waals surface area contributed by atoms with Gasteiger partial charge in [0, 0.05) is 11.8 Å². The van der Waals surface area contributed by atoms with Crippen LogP contribution in [0.3, 0.4) is 0 Å². The summed E-state index contributed by atoms with van der Waals surface area (Å²) in [7, 11) is 2.52. The van der Waals surface area contributed by atoms with E-state index in [0.29, 0.717) is 12.8 Å². The van der Waals surface area contributed by atoms with Gasteiger partial charge in [0.15, 0.2) is 5.78 Å². The minimum absolute atomic E-state index is 0.0255. The zero-order valence-corrected chi connectivity index (χ0v) is 18.5. The van der Waals surface area contributed by atoms with E-state index in [-0.39, 0.29) is 17.6 Å². The first-order chi connectivity index (χ1) is 13.8. The molecule has 4 atom stereocenters. The highest BCUT2D eigenvalue weighted by molar-refractivity contribution is 5.94. The molecule has 0 saturated heterocycles. The van der Waals surface area contributed by atoms with E-state index >= 15 is 0 Å². The van der Waals surface area contributed by atoms with Crippen LogP contribution in [0.4, 0.5) is 9.59 Å². The molecular weight excluding hydrogens is 392 g/mol. The van der Waals surface area contributed by atoms with E-state index in [2.05, 4.69) is 33.3 Å². The summed E-state index contributed by atoms with van der Waals surface area (Å²) in [6, 6.07) is 0. The molecule has 2 saturated carbocycles. The Hall–Kier alpha value is -2.84. The Morgan fingerprint density at radius 2 is 1.37 bits per heavy atom. The molecule has 0 aromatic rings. The molecule has 2 rings (SSSR count). The SMILES string of the molecule is C=C[C@H]1C[C@@]1(NC(=O)OC(C)(C)C)C(C)=O.C=C[C@H]1C[C@@]1(NC(=O)OC)C(=O)OC. The zero-order chi connectivity index (χ0) is 23.3. The van der Waals surface area contributed by atoms with Crippen molar-refractivity contribution in [3.05, 3.63) is 25.3 Å². The van der Waals surface area contributed by atoms with Crippen LogP contribution in [0.5, 0.6) is 0 Å². The molecule has 9 heteroatoms. The highest BCUT2D eigenvalue weighted by Crippen LogP contribution is 2.45. The average Bonchev–Trinajstić information content (AvgIpc) is 3.54. The van der Waals surface area contributed by atoms with Gasteiger partial charge in [0.2, 0.25) is 0 Å². The Balaban J connectivity index is 0.000000303. The van der Waals surface area contributed by atoms with Gasteiger partial charge in [0.25, 0.3) is 0 Å². The number of nitrogens with one attached hydrogen (secondary N) is 2. The van der Waals surface area contributed by atoms with Gasteiger partial charge < -0.3 is 24.8 Å². The van der Waals surface area contributed by atoms with Gasteiger partial charge in [-0.25, -0.2) is 14.4 Å². The third kappa shape index (κ3) is 5.84. The summed E-state index contributed by atoms with van der Waals surface area (Å²) in [4.78, 5) is 45.4. The maximum absolute atomic E-state index is 11.6. The minimum atomic E-state index is -0.955. The van der Waals surface area contributed by atoms with Crippen LogP contribution >= 0.6 is 0 Å². The first kappa shape index (κ1) is 25.2. The highest BCUT2D eigenvalue weighted by Gasteiger charge is 2.61. The summed E-state index contributed by atoms with van der Waals surface area (Å²) in [5, 5.41) is 5.10. The number of amides is 2. The maximum Gasteiger partial charge on any atom is 0.408 e. The smallest absolute Gasteiger partial charge is 0.408 e. The topological polar surface area (TPSA) is 120 Å². The number of alkyl carbamates (subject to hydrolysis) is 2. The molecule has 2 fully saturated rings. The Bertz CT molecular complexity index is 727. The van der Waals surface area contributed by atoms with Crippen molar-refractivity contribution in [2.24, 2.45) is 11.8 Å². The number of esters is 1. The molecule has 9 nitrogen and oxygen atoms in total. The summed E-state index contributed by atoms with van der Waals surface area (Å²) in [5.74, 6) is -0.567. The number of ketones is 1. The molecule has 0 radical (unpaired) electrons. The fraction of sp³-hybridized carbons (Fsp3) is 0.619. The fourth-order valence-corrected chi connectivity index (χ4v) is 3.11. The van der Waals surface area contributed by atoms with Crippen LogP contribution in [-0.2, 0) is 23.8 Å². The van der Waals surface area contributed by atoms with Crippen LogP contribution in [0.2, 0.25) is 0 Å². The standard InChI is InChI=1S/C12H19NO3.C9H13NO4/c1-6-9-7-12(9,8(2)14)13-10(15)16-11(3,4)5;1-4-6-5-9(6,7(11)13-2)10-8(12)14-3/h6,9H,1,7H2,2-5H3,(H,13,15);4,6H,1,5H2,2-3H3,(H,10,12)/t9-,12+;6-,9-/m00/s1. The summed E-state index contributed by atoms with van der Waals surface area (Å²) < 4.78 is 14.1. The molecule has 0 aliphatic heterocycles. The van der Waals surface area contributed by atoms with E-state index < -0.39 is 34.8 Å². The Morgan fingerprint density at radius 3 is 1.70 bits per heavy atom. The molecule has 2 aliphatic carbocycles. The predicted octanol–water partition coefficient (Wildman–Crippen LogP) is 2.50.